The van der Waals surface area contributed by atoms with Gasteiger partial charge in [-0.2, -0.15) is 0 Å². The number of likely N-dealkylation sites (tertiary alicyclic amines) is 1. The molecule has 1 saturated heterocycles. The van der Waals surface area contributed by atoms with Crippen LogP contribution in [0.4, 0.5) is 0 Å². The van der Waals surface area contributed by atoms with Crippen molar-refractivity contribution < 1.29 is 14.6 Å². The van der Waals surface area contributed by atoms with Gasteiger partial charge in [0.15, 0.2) is 0 Å². The quantitative estimate of drug-likeness (QED) is 0.838. The predicted molar refractivity (Wildman–Crippen MR) is 81.8 cm³/mol. The van der Waals surface area contributed by atoms with E-state index in [-0.39, 0.29) is 22.8 Å². The Kier molecular flexibility index (Phi) is 5.69. The first-order valence-electron chi connectivity index (χ1n) is 6.57. The van der Waals surface area contributed by atoms with Gasteiger partial charge in [-0.05, 0) is 31.0 Å². The average molecular weight is 363 g/mol. The summed E-state index contributed by atoms with van der Waals surface area (Å²) >= 11 is 9.16. The summed E-state index contributed by atoms with van der Waals surface area (Å²) in [6.45, 7) is 2.07. The number of phenols is 1. The number of phenolic OH excluding ortho intramolecular Hbond substituents is 1. The molecule has 0 aliphatic carbocycles. The number of carbonyl (C=O) groups excluding carboxylic acids is 1. The smallest absolute Gasteiger partial charge is 0.253 e. The first-order chi connectivity index (χ1) is 9.61. The van der Waals surface area contributed by atoms with Gasteiger partial charge in [0.05, 0.1) is 17.7 Å². The molecule has 1 aliphatic rings. The molecule has 4 nitrogen and oxygen atoms in total. The SMILES string of the molecule is O=C(c1ccc(O)c(Cl)c1)N1CCC(OCCBr)CC1. The summed E-state index contributed by atoms with van der Waals surface area (Å²) < 4.78 is 5.66. The summed E-state index contributed by atoms with van der Waals surface area (Å²) in [5.74, 6) is -0.0593. The molecule has 1 N–H and O–H groups in total. The lowest BCUT2D eigenvalue weighted by atomic mass is 10.1. The van der Waals surface area contributed by atoms with Gasteiger partial charge in [0, 0.05) is 24.0 Å². The van der Waals surface area contributed by atoms with E-state index in [0.717, 1.165) is 18.2 Å². The van der Waals surface area contributed by atoms with Crippen LogP contribution in [0, 0.1) is 0 Å². The van der Waals surface area contributed by atoms with Crippen LogP contribution in [0.15, 0.2) is 18.2 Å². The summed E-state index contributed by atoms with van der Waals surface area (Å²) in [7, 11) is 0. The Bertz CT molecular complexity index is 475. The highest BCUT2D eigenvalue weighted by Gasteiger charge is 2.24. The van der Waals surface area contributed by atoms with E-state index in [9.17, 15) is 9.90 Å². The van der Waals surface area contributed by atoms with Crippen molar-refractivity contribution in [3.8, 4) is 5.75 Å². The second-order valence-electron chi connectivity index (χ2n) is 4.72. The van der Waals surface area contributed by atoms with Crippen LogP contribution < -0.4 is 0 Å². The lowest BCUT2D eigenvalue weighted by molar-refractivity contribution is 0.0160. The van der Waals surface area contributed by atoms with Crippen molar-refractivity contribution >= 4 is 33.4 Å². The molecular formula is C14H17BrClNO3. The number of benzene rings is 1. The predicted octanol–water partition coefficient (Wildman–Crippen LogP) is 3.06. The summed E-state index contributed by atoms with van der Waals surface area (Å²) in [6, 6.07) is 4.55. The van der Waals surface area contributed by atoms with Crippen LogP contribution in [0.2, 0.25) is 5.02 Å². The van der Waals surface area contributed by atoms with Gasteiger partial charge in [-0.25, -0.2) is 0 Å². The van der Waals surface area contributed by atoms with Crippen molar-refractivity contribution in [3.63, 3.8) is 0 Å². The molecule has 110 valence electrons. The molecule has 0 radical (unpaired) electrons. The summed E-state index contributed by atoms with van der Waals surface area (Å²) in [6.07, 6.45) is 1.94. The Labute approximate surface area is 131 Å². The van der Waals surface area contributed by atoms with Crippen LogP contribution in [0.3, 0.4) is 0 Å². The monoisotopic (exact) mass is 361 g/mol. The summed E-state index contributed by atoms with van der Waals surface area (Å²) in [4.78, 5) is 14.1. The largest absolute Gasteiger partial charge is 0.506 e. The highest BCUT2D eigenvalue weighted by Crippen LogP contribution is 2.25. The van der Waals surface area contributed by atoms with Gasteiger partial charge in [-0.1, -0.05) is 27.5 Å². The van der Waals surface area contributed by atoms with E-state index in [0.29, 0.717) is 25.3 Å². The molecule has 0 saturated carbocycles. The molecule has 2 rings (SSSR count). The number of ether oxygens (including phenoxy) is 1. The van der Waals surface area contributed by atoms with Gasteiger partial charge in [-0.15, -0.1) is 0 Å². The highest BCUT2D eigenvalue weighted by atomic mass is 79.9. The number of alkyl halides is 1. The van der Waals surface area contributed by atoms with Gasteiger partial charge in [-0.3, -0.25) is 4.79 Å². The minimum Gasteiger partial charge on any atom is -0.506 e. The number of hydrogen-bond acceptors (Lipinski definition) is 3. The second kappa shape index (κ2) is 7.29. The van der Waals surface area contributed by atoms with Crippen LogP contribution >= 0.6 is 27.5 Å². The fourth-order valence-corrected chi connectivity index (χ4v) is 2.63. The molecule has 20 heavy (non-hydrogen) atoms. The van der Waals surface area contributed by atoms with E-state index in [2.05, 4.69) is 15.9 Å². The molecule has 0 spiro atoms. The zero-order chi connectivity index (χ0) is 14.5. The minimum atomic E-state index is -0.0501. The van der Waals surface area contributed by atoms with Crippen LogP contribution in [0.5, 0.6) is 5.75 Å². The fourth-order valence-electron chi connectivity index (χ4n) is 2.26. The Morgan fingerprint density at radius 3 is 2.75 bits per heavy atom. The highest BCUT2D eigenvalue weighted by molar-refractivity contribution is 9.09. The number of aromatic hydroxyl groups is 1. The first kappa shape index (κ1) is 15.6. The summed E-state index contributed by atoms with van der Waals surface area (Å²) in [5.41, 5.74) is 0.507. The third kappa shape index (κ3) is 3.87. The third-order valence-electron chi connectivity index (χ3n) is 3.35. The molecule has 1 heterocycles. The number of rotatable bonds is 4. The number of amides is 1. The molecule has 1 fully saturated rings. The number of piperidine rings is 1. The molecule has 6 heteroatoms. The van der Waals surface area contributed by atoms with Crippen molar-refractivity contribution in [2.45, 2.75) is 18.9 Å². The summed E-state index contributed by atoms with van der Waals surface area (Å²) in [5, 5.41) is 10.4. The average Bonchev–Trinajstić information content (AvgIpc) is 2.48. The Morgan fingerprint density at radius 1 is 1.45 bits per heavy atom. The van der Waals surface area contributed by atoms with Crippen molar-refractivity contribution in [1.29, 1.82) is 0 Å². The topological polar surface area (TPSA) is 49.8 Å². The molecule has 1 aromatic carbocycles. The van der Waals surface area contributed by atoms with Gasteiger partial charge in [0.2, 0.25) is 0 Å². The van der Waals surface area contributed by atoms with Gasteiger partial charge in [0.25, 0.3) is 5.91 Å². The molecule has 0 unspecified atom stereocenters. The molecule has 1 aromatic rings. The Hall–Kier alpha value is -0.780. The second-order valence-corrected chi connectivity index (χ2v) is 5.92. The lowest BCUT2D eigenvalue weighted by Crippen LogP contribution is -2.41. The van der Waals surface area contributed by atoms with Gasteiger partial charge < -0.3 is 14.7 Å². The van der Waals surface area contributed by atoms with Crippen molar-refractivity contribution in [1.82, 2.24) is 4.90 Å². The first-order valence-corrected chi connectivity index (χ1v) is 8.07. The maximum absolute atomic E-state index is 12.3. The van der Waals surface area contributed by atoms with Crippen LogP contribution in [-0.4, -0.2) is 47.0 Å². The number of hydrogen-bond donors (Lipinski definition) is 1. The van der Waals surface area contributed by atoms with Crippen LogP contribution in [-0.2, 0) is 4.74 Å². The lowest BCUT2D eigenvalue weighted by Gasteiger charge is -2.32. The van der Waals surface area contributed by atoms with Crippen molar-refractivity contribution in [2.75, 3.05) is 25.0 Å². The van der Waals surface area contributed by atoms with E-state index in [1.54, 1.807) is 11.0 Å². The Balaban J connectivity index is 1.92. The van der Waals surface area contributed by atoms with E-state index in [1.165, 1.54) is 12.1 Å². The number of carbonyl (C=O) groups is 1. The minimum absolute atomic E-state index is 0.00917. The van der Waals surface area contributed by atoms with Gasteiger partial charge >= 0.3 is 0 Å². The molecule has 0 aromatic heterocycles. The number of nitrogens with zero attached hydrogens (tertiary/aromatic N) is 1. The molecular weight excluding hydrogens is 346 g/mol. The van der Waals surface area contributed by atoms with E-state index in [1.807, 2.05) is 0 Å². The van der Waals surface area contributed by atoms with Crippen LogP contribution in [0.25, 0.3) is 0 Å². The number of halogens is 2. The van der Waals surface area contributed by atoms with Crippen molar-refractivity contribution in [3.05, 3.63) is 28.8 Å². The van der Waals surface area contributed by atoms with E-state index >= 15 is 0 Å². The van der Waals surface area contributed by atoms with Crippen LogP contribution in [0.1, 0.15) is 23.2 Å². The zero-order valence-corrected chi connectivity index (χ0v) is 13.4. The maximum atomic E-state index is 12.3. The van der Waals surface area contributed by atoms with E-state index < -0.39 is 0 Å². The van der Waals surface area contributed by atoms with Gasteiger partial charge in [0.1, 0.15) is 5.75 Å². The fraction of sp³-hybridized carbons (Fsp3) is 0.500. The van der Waals surface area contributed by atoms with E-state index in [4.69, 9.17) is 16.3 Å². The maximum Gasteiger partial charge on any atom is 0.253 e. The van der Waals surface area contributed by atoms with Crippen molar-refractivity contribution in [2.24, 2.45) is 0 Å². The normalized spacial score (nSPS) is 16.4. The molecule has 1 aliphatic heterocycles. The zero-order valence-electron chi connectivity index (χ0n) is 11.0. The third-order valence-corrected chi connectivity index (χ3v) is 3.98. The Morgan fingerprint density at radius 2 is 2.15 bits per heavy atom. The standard InChI is InChI=1S/C14H17BrClNO3/c15-5-8-20-11-3-6-17(7-4-11)14(19)10-1-2-13(18)12(16)9-10/h1-2,9,11,18H,3-8H2. The molecule has 0 bridgehead atoms. The molecule has 0 atom stereocenters. The molecule has 1 amide bonds.